The first kappa shape index (κ1) is 56.2. The Morgan fingerprint density at radius 1 is 0.623 bits per heavy atom. The van der Waals surface area contributed by atoms with Gasteiger partial charge in [-0.05, 0) is 24.5 Å². The first-order valence-corrected chi connectivity index (χ1v) is 16.5. The van der Waals surface area contributed by atoms with Crippen LogP contribution in [0.5, 0.6) is 0 Å². The van der Waals surface area contributed by atoms with Crippen LogP contribution < -0.4 is 5.32 Å². The highest BCUT2D eigenvalue weighted by Crippen LogP contribution is 2.21. The average Bonchev–Trinajstić information content (AvgIpc) is 3.04. The Morgan fingerprint density at radius 2 is 1.02 bits per heavy atom. The summed E-state index contributed by atoms with van der Waals surface area (Å²) < 4.78 is 5.26. The standard InChI is InChI=1S/C21H25NO3.C10H20O6.C7H14O2.3CH4/c1-21(2,3)19(23)18(14-16-10-6-4-7-11-16)22-20(24)25-15-17-12-8-5-9-13-17;1-10(2,3)9(16)8(15)7(14)6(13)5(12)4-11;1-5(8)6(9)7(2,3)4;;;/h4-13,18H,14-15H2,1-3H3,(H,22,24);5-8,11-15H,4H2,1-3H3;5,8H,1-4H3;3*1H4/t;5-,6-,7+,8-;;;;/m.1..../s1. The van der Waals surface area contributed by atoms with Crippen LogP contribution in [0.15, 0.2) is 60.7 Å². The molecule has 6 atom stereocenters. The molecule has 0 aliphatic carbocycles. The number of hydrogen-bond acceptors (Lipinski definition) is 11. The molecule has 0 radical (unpaired) electrons. The molecular formula is C41H71NO11. The second kappa shape index (κ2) is 25.5. The van der Waals surface area contributed by atoms with Crippen LogP contribution in [0.25, 0.3) is 0 Å². The van der Waals surface area contributed by atoms with E-state index in [0.29, 0.717) is 6.42 Å². The van der Waals surface area contributed by atoms with Crippen LogP contribution in [0.2, 0.25) is 0 Å². The van der Waals surface area contributed by atoms with Crippen molar-refractivity contribution in [3.05, 3.63) is 71.8 Å². The number of Topliss-reactive ketones (excluding diaryl/α,β-unsaturated/α-hetero) is 3. The number of hydrogen-bond donors (Lipinski definition) is 7. The third-order valence-corrected chi connectivity index (χ3v) is 7.22. The van der Waals surface area contributed by atoms with E-state index in [4.69, 9.17) is 20.1 Å². The Balaban J connectivity index is -0.000000371. The number of carbonyl (C=O) groups excluding carboxylic acids is 4. The van der Waals surface area contributed by atoms with Gasteiger partial charge in [0.15, 0.2) is 17.3 Å². The number of alkyl carbamates (subject to hydrolysis) is 1. The minimum atomic E-state index is -1.83. The van der Waals surface area contributed by atoms with Gasteiger partial charge >= 0.3 is 6.09 Å². The van der Waals surface area contributed by atoms with Gasteiger partial charge in [-0.2, -0.15) is 0 Å². The average molecular weight is 754 g/mol. The van der Waals surface area contributed by atoms with E-state index in [9.17, 15) is 34.5 Å². The predicted octanol–water partition coefficient (Wildman–Crippen LogP) is 5.07. The van der Waals surface area contributed by atoms with E-state index in [1.54, 1.807) is 41.5 Å². The molecule has 7 N–H and O–H groups in total. The number of aliphatic hydroxyl groups is 6. The molecule has 0 spiro atoms. The van der Waals surface area contributed by atoms with Gasteiger partial charge in [-0.1, -0.05) is 145 Å². The van der Waals surface area contributed by atoms with Crippen molar-refractivity contribution in [2.45, 2.75) is 141 Å². The lowest BCUT2D eigenvalue weighted by Crippen LogP contribution is -2.51. The molecule has 0 saturated heterocycles. The minimum Gasteiger partial charge on any atom is -0.445 e. The normalized spacial score (nSPS) is 14.4. The molecule has 2 rings (SSSR count). The molecular weight excluding hydrogens is 682 g/mol. The van der Waals surface area contributed by atoms with Crippen LogP contribution in [-0.2, 0) is 32.1 Å². The summed E-state index contributed by atoms with van der Waals surface area (Å²) in [5, 5.41) is 57.3. The number of amides is 1. The van der Waals surface area contributed by atoms with E-state index in [2.05, 4.69) is 5.32 Å². The lowest BCUT2D eigenvalue weighted by Gasteiger charge is -2.28. The van der Waals surface area contributed by atoms with E-state index < -0.39 is 71.3 Å². The van der Waals surface area contributed by atoms with Crippen molar-refractivity contribution in [2.24, 2.45) is 16.2 Å². The van der Waals surface area contributed by atoms with Gasteiger partial charge < -0.3 is 40.7 Å². The number of ether oxygens (including phenoxy) is 1. The first-order chi connectivity index (χ1) is 22.8. The van der Waals surface area contributed by atoms with E-state index >= 15 is 0 Å². The predicted molar refractivity (Wildman–Crippen MR) is 210 cm³/mol. The molecule has 12 nitrogen and oxygen atoms in total. The fraction of sp³-hybridized carbons (Fsp3) is 0.610. The molecule has 0 saturated carbocycles. The van der Waals surface area contributed by atoms with Crippen molar-refractivity contribution in [1.29, 1.82) is 0 Å². The highest BCUT2D eigenvalue weighted by atomic mass is 16.5. The molecule has 0 bridgehead atoms. The Labute approximate surface area is 318 Å². The largest absolute Gasteiger partial charge is 0.445 e. The maximum absolute atomic E-state index is 12.7. The Hall–Kier alpha value is -3.52. The van der Waals surface area contributed by atoms with E-state index in [-0.39, 0.29) is 40.5 Å². The van der Waals surface area contributed by atoms with Gasteiger partial charge in [0.05, 0.1) is 12.6 Å². The van der Waals surface area contributed by atoms with Gasteiger partial charge in [0.25, 0.3) is 0 Å². The molecule has 12 heteroatoms. The minimum absolute atomic E-state index is 0. The number of aliphatic hydroxyl groups excluding tert-OH is 6. The number of rotatable bonds is 12. The zero-order chi connectivity index (χ0) is 39.0. The molecule has 306 valence electrons. The maximum Gasteiger partial charge on any atom is 0.408 e. The molecule has 0 heterocycles. The molecule has 0 aliphatic heterocycles. The lowest BCUT2D eigenvalue weighted by molar-refractivity contribution is -0.153. The van der Waals surface area contributed by atoms with Crippen molar-refractivity contribution < 1.29 is 54.6 Å². The van der Waals surface area contributed by atoms with Crippen LogP contribution in [0, 0.1) is 16.2 Å². The summed E-state index contributed by atoms with van der Waals surface area (Å²) in [5.41, 5.74) is 0.0674. The summed E-state index contributed by atoms with van der Waals surface area (Å²) in [7, 11) is 0. The Bertz CT molecular complexity index is 1310. The molecule has 2 aromatic rings. The van der Waals surface area contributed by atoms with E-state index in [1.807, 2.05) is 81.4 Å². The topological polar surface area (TPSA) is 211 Å². The van der Waals surface area contributed by atoms with Crippen LogP contribution in [0.3, 0.4) is 0 Å². The monoisotopic (exact) mass is 754 g/mol. The Morgan fingerprint density at radius 3 is 1.36 bits per heavy atom. The van der Waals surface area contributed by atoms with E-state index in [0.717, 1.165) is 11.1 Å². The van der Waals surface area contributed by atoms with Crippen LogP contribution in [0.1, 0.15) is 103 Å². The lowest BCUT2D eigenvalue weighted by atomic mass is 9.84. The third-order valence-electron chi connectivity index (χ3n) is 7.22. The summed E-state index contributed by atoms with van der Waals surface area (Å²) >= 11 is 0. The highest BCUT2D eigenvalue weighted by molar-refractivity contribution is 5.91. The van der Waals surface area contributed by atoms with Gasteiger partial charge in [0.1, 0.15) is 37.1 Å². The molecule has 0 fully saturated rings. The molecule has 1 amide bonds. The van der Waals surface area contributed by atoms with Gasteiger partial charge in [-0.25, -0.2) is 4.79 Å². The second-order valence-corrected chi connectivity index (χ2v) is 15.1. The highest BCUT2D eigenvalue weighted by Gasteiger charge is 2.38. The SMILES string of the molecule is C.C.C.CC(C)(C)C(=O)C(Cc1ccccc1)NC(=O)OCc1ccccc1.CC(C)(C)C(=O)[C@H](O)[C@@H](O)[C@H](O)[C@H](O)CO.CC(O)C(=O)C(C)(C)C. The summed E-state index contributed by atoms with van der Waals surface area (Å²) in [6, 6.07) is 18.5. The van der Waals surface area contributed by atoms with Crippen LogP contribution >= 0.6 is 0 Å². The van der Waals surface area contributed by atoms with Crippen molar-refractivity contribution in [3.8, 4) is 0 Å². The van der Waals surface area contributed by atoms with Crippen molar-refractivity contribution in [1.82, 2.24) is 5.32 Å². The van der Waals surface area contributed by atoms with Crippen molar-refractivity contribution in [2.75, 3.05) is 6.61 Å². The summed E-state index contributed by atoms with van der Waals surface area (Å²) in [4.78, 5) is 47.3. The Kier molecular flexibility index (Phi) is 27.0. The van der Waals surface area contributed by atoms with Crippen molar-refractivity contribution in [3.63, 3.8) is 0 Å². The number of benzene rings is 2. The summed E-state index contributed by atoms with van der Waals surface area (Å²) in [5.74, 6) is -0.778. The second-order valence-electron chi connectivity index (χ2n) is 15.1. The molecule has 53 heavy (non-hydrogen) atoms. The van der Waals surface area contributed by atoms with E-state index in [1.165, 1.54) is 6.92 Å². The van der Waals surface area contributed by atoms with Gasteiger partial charge in [0.2, 0.25) is 0 Å². The maximum atomic E-state index is 12.7. The summed E-state index contributed by atoms with van der Waals surface area (Å²) in [6.45, 7) is 16.5. The van der Waals surface area contributed by atoms with Crippen molar-refractivity contribution >= 4 is 23.4 Å². The van der Waals surface area contributed by atoms with Crippen LogP contribution in [0.4, 0.5) is 4.79 Å². The van der Waals surface area contributed by atoms with Gasteiger partial charge in [-0.15, -0.1) is 0 Å². The fourth-order valence-electron chi connectivity index (χ4n) is 4.24. The molecule has 0 aliphatic rings. The number of nitrogens with one attached hydrogen (secondary N) is 1. The van der Waals surface area contributed by atoms with Gasteiger partial charge in [-0.3, -0.25) is 14.4 Å². The molecule has 2 unspecified atom stereocenters. The smallest absolute Gasteiger partial charge is 0.408 e. The molecule has 0 aromatic heterocycles. The molecule has 2 aromatic carbocycles. The number of carbonyl (C=O) groups is 4. The fourth-order valence-corrected chi connectivity index (χ4v) is 4.24. The number of ketones is 3. The quantitative estimate of drug-likeness (QED) is 0.152. The van der Waals surface area contributed by atoms with Gasteiger partial charge in [0, 0.05) is 16.2 Å². The van der Waals surface area contributed by atoms with Crippen LogP contribution in [-0.4, -0.2) is 97.3 Å². The first-order valence-electron chi connectivity index (χ1n) is 16.5. The zero-order valence-electron chi connectivity index (χ0n) is 31.1. The summed E-state index contributed by atoms with van der Waals surface area (Å²) in [6.07, 6.45) is -7.96. The third kappa shape index (κ3) is 21.7. The zero-order valence-corrected chi connectivity index (χ0v) is 31.1.